The van der Waals surface area contributed by atoms with Crippen LogP contribution in [0.3, 0.4) is 0 Å². The molecule has 0 bridgehead atoms. The molecule has 0 amide bonds. The lowest BCUT2D eigenvalue weighted by Crippen LogP contribution is -2.16. The quantitative estimate of drug-likeness (QED) is 0.489. The van der Waals surface area contributed by atoms with Gasteiger partial charge in [-0.15, -0.1) is 0 Å². The molecule has 50 valence electrons. The van der Waals surface area contributed by atoms with Crippen LogP contribution in [-0.4, -0.2) is 18.7 Å². The van der Waals surface area contributed by atoms with Gasteiger partial charge in [-0.25, -0.2) is 4.79 Å². The lowest BCUT2D eigenvalue weighted by molar-refractivity contribution is 0.0472. The van der Waals surface area contributed by atoms with Crippen LogP contribution in [0.5, 0.6) is 0 Å². The van der Waals surface area contributed by atoms with Crippen LogP contribution in [0.4, 0.5) is 0 Å². The van der Waals surface area contributed by atoms with E-state index in [9.17, 15) is 4.79 Å². The van der Waals surface area contributed by atoms with E-state index in [0.717, 1.165) is 19.4 Å². The second kappa shape index (κ2) is 3.44. The van der Waals surface area contributed by atoms with Gasteiger partial charge < -0.3 is 4.74 Å². The summed E-state index contributed by atoms with van der Waals surface area (Å²) in [6.45, 7) is 0.794. The number of hydrogen-bond donors (Lipinski definition) is 0. The van der Waals surface area contributed by atoms with Crippen molar-refractivity contribution in [2.45, 2.75) is 25.4 Å². The first kappa shape index (κ1) is 6.53. The third-order valence-corrected chi connectivity index (χ3v) is 1.47. The van der Waals surface area contributed by atoms with Gasteiger partial charge in [-0.3, -0.25) is 0 Å². The normalized spacial score (nSPS) is 26.9. The molecule has 0 N–H and O–H groups in total. The van der Waals surface area contributed by atoms with Gasteiger partial charge in [0.1, 0.15) is 5.94 Å². The summed E-state index contributed by atoms with van der Waals surface area (Å²) in [6.07, 6.45) is 4.79. The number of rotatable bonds is 1. The Bertz CT molecular complexity index is 119. The molecular weight excluding hydrogens is 116 g/mol. The Balaban J connectivity index is 2.31. The van der Waals surface area contributed by atoms with E-state index in [2.05, 4.69) is 0 Å². The summed E-state index contributed by atoms with van der Waals surface area (Å²) < 4.78 is 5.20. The molecule has 0 saturated carbocycles. The zero-order valence-electron chi connectivity index (χ0n) is 5.30. The molecule has 0 aromatic heterocycles. The molecule has 1 unspecified atom stereocenters. The van der Waals surface area contributed by atoms with Crippen LogP contribution in [0.25, 0.3) is 0 Å². The van der Waals surface area contributed by atoms with Crippen molar-refractivity contribution in [1.29, 1.82) is 0 Å². The average molecular weight is 126 g/mol. The van der Waals surface area contributed by atoms with Gasteiger partial charge in [0.25, 0.3) is 0 Å². The van der Waals surface area contributed by atoms with E-state index < -0.39 is 0 Å². The molecule has 1 heterocycles. The van der Waals surface area contributed by atoms with Crippen molar-refractivity contribution in [3.8, 4) is 0 Å². The topological polar surface area (TPSA) is 26.3 Å². The zero-order valence-corrected chi connectivity index (χ0v) is 5.30. The highest BCUT2D eigenvalue weighted by Gasteiger charge is 2.09. The summed E-state index contributed by atoms with van der Waals surface area (Å²) in [5.41, 5.74) is 0. The van der Waals surface area contributed by atoms with Crippen LogP contribution >= 0.6 is 0 Å². The SMILES string of the molecule is O=C=CC1CCCCO1. The Morgan fingerprint density at radius 1 is 1.56 bits per heavy atom. The zero-order chi connectivity index (χ0) is 6.53. The minimum atomic E-state index is 0.0521. The number of hydrogen-bond acceptors (Lipinski definition) is 2. The van der Waals surface area contributed by atoms with Gasteiger partial charge in [-0.05, 0) is 19.3 Å². The highest BCUT2D eigenvalue weighted by Crippen LogP contribution is 2.12. The smallest absolute Gasteiger partial charge is 0.122 e. The fraction of sp³-hybridized carbons (Fsp3) is 0.714. The minimum Gasteiger partial charge on any atom is -0.373 e. The Kier molecular flexibility index (Phi) is 2.49. The molecule has 1 atom stereocenters. The summed E-state index contributed by atoms with van der Waals surface area (Å²) in [7, 11) is 0. The molecule has 0 radical (unpaired) electrons. The highest BCUT2D eigenvalue weighted by molar-refractivity contribution is 5.46. The van der Waals surface area contributed by atoms with Crippen molar-refractivity contribution in [1.82, 2.24) is 0 Å². The Morgan fingerprint density at radius 3 is 3.00 bits per heavy atom. The molecule has 1 fully saturated rings. The molecule has 1 aliphatic rings. The van der Waals surface area contributed by atoms with E-state index in [4.69, 9.17) is 4.74 Å². The third kappa shape index (κ3) is 2.00. The number of ether oxygens (including phenoxy) is 1. The lowest BCUT2D eigenvalue weighted by atomic mass is 10.1. The van der Waals surface area contributed by atoms with Crippen molar-refractivity contribution < 1.29 is 9.53 Å². The van der Waals surface area contributed by atoms with Gasteiger partial charge in [-0.2, -0.15) is 0 Å². The van der Waals surface area contributed by atoms with Gasteiger partial charge in [0.05, 0.1) is 6.10 Å². The monoisotopic (exact) mass is 126 g/mol. The maximum atomic E-state index is 9.81. The maximum Gasteiger partial charge on any atom is 0.122 e. The minimum absolute atomic E-state index is 0.0521. The molecule has 0 spiro atoms. The summed E-state index contributed by atoms with van der Waals surface area (Å²) in [6, 6.07) is 0. The molecule has 1 aliphatic heterocycles. The van der Waals surface area contributed by atoms with Crippen molar-refractivity contribution in [3.05, 3.63) is 6.08 Å². The first-order valence-electron chi connectivity index (χ1n) is 3.26. The van der Waals surface area contributed by atoms with E-state index in [0.29, 0.717) is 0 Å². The molecule has 2 nitrogen and oxygen atoms in total. The van der Waals surface area contributed by atoms with Crippen LogP contribution < -0.4 is 0 Å². The predicted molar refractivity (Wildman–Crippen MR) is 33.9 cm³/mol. The molecule has 2 heteroatoms. The fourth-order valence-electron chi connectivity index (χ4n) is 0.973. The predicted octanol–water partition coefficient (Wildman–Crippen LogP) is 0.943. The standard InChI is InChI=1S/C7H10O2/c8-5-4-7-3-1-2-6-9-7/h4,7H,1-3,6H2. The van der Waals surface area contributed by atoms with Gasteiger partial charge >= 0.3 is 0 Å². The van der Waals surface area contributed by atoms with Crippen molar-refractivity contribution in [2.24, 2.45) is 0 Å². The molecular formula is C7H10O2. The third-order valence-electron chi connectivity index (χ3n) is 1.47. The van der Waals surface area contributed by atoms with Crippen LogP contribution in [0, 0.1) is 0 Å². The van der Waals surface area contributed by atoms with Crippen LogP contribution in [-0.2, 0) is 9.53 Å². The van der Waals surface area contributed by atoms with Crippen LogP contribution in [0.2, 0.25) is 0 Å². The fourth-order valence-corrected chi connectivity index (χ4v) is 0.973. The van der Waals surface area contributed by atoms with E-state index in [-0.39, 0.29) is 6.10 Å². The van der Waals surface area contributed by atoms with Gasteiger partial charge in [0, 0.05) is 12.7 Å². The number of carbonyl (C=O) groups excluding carboxylic acids is 1. The van der Waals surface area contributed by atoms with E-state index in [1.54, 1.807) is 5.94 Å². The Morgan fingerprint density at radius 2 is 2.44 bits per heavy atom. The summed E-state index contributed by atoms with van der Waals surface area (Å²) in [5.74, 6) is 1.74. The van der Waals surface area contributed by atoms with Gasteiger partial charge in [0.15, 0.2) is 0 Å². The van der Waals surface area contributed by atoms with Gasteiger partial charge in [-0.1, -0.05) is 0 Å². The van der Waals surface area contributed by atoms with E-state index >= 15 is 0 Å². The van der Waals surface area contributed by atoms with Gasteiger partial charge in [0.2, 0.25) is 0 Å². The molecule has 1 saturated heterocycles. The second-order valence-corrected chi connectivity index (χ2v) is 2.19. The highest BCUT2D eigenvalue weighted by atomic mass is 16.5. The first-order chi connectivity index (χ1) is 4.43. The van der Waals surface area contributed by atoms with Crippen molar-refractivity contribution >= 4 is 5.94 Å². The van der Waals surface area contributed by atoms with E-state index in [1.165, 1.54) is 12.5 Å². The van der Waals surface area contributed by atoms with Crippen molar-refractivity contribution in [3.63, 3.8) is 0 Å². The van der Waals surface area contributed by atoms with Crippen LogP contribution in [0.1, 0.15) is 19.3 Å². The Labute approximate surface area is 54.5 Å². The average Bonchev–Trinajstić information content (AvgIpc) is 1.91. The molecule has 1 rings (SSSR count). The van der Waals surface area contributed by atoms with Crippen molar-refractivity contribution in [2.75, 3.05) is 6.61 Å². The molecule has 0 aromatic rings. The Hall–Kier alpha value is -0.590. The lowest BCUT2D eigenvalue weighted by Gasteiger charge is -2.17. The second-order valence-electron chi connectivity index (χ2n) is 2.19. The molecule has 0 aliphatic carbocycles. The summed E-state index contributed by atoms with van der Waals surface area (Å²) in [4.78, 5) is 9.81. The molecule has 0 aromatic carbocycles. The summed E-state index contributed by atoms with van der Waals surface area (Å²) in [5, 5.41) is 0. The van der Waals surface area contributed by atoms with Crippen LogP contribution in [0.15, 0.2) is 6.08 Å². The van der Waals surface area contributed by atoms with E-state index in [1.807, 2.05) is 0 Å². The summed E-state index contributed by atoms with van der Waals surface area (Å²) >= 11 is 0. The maximum absolute atomic E-state index is 9.81. The molecule has 9 heavy (non-hydrogen) atoms. The largest absolute Gasteiger partial charge is 0.373 e. The first-order valence-corrected chi connectivity index (χ1v) is 3.26.